The molecule has 1 aromatic heterocycles. The van der Waals surface area contributed by atoms with Gasteiger partial charge in [-0.1, -0.05) is 70.8 Å². The summed E-state index contributed by atoms with van der Waals surface area (Å²) in [4.78, 5) is 47.9. The van der Waals surface area contributed by atoms with Crippen LogP contribution in [0.4, 0.5) is 5.69 Å². The molecule has 0 fully saturated rings. The second kappa shape index (κ2) is 11.6. The van der Waals surface area contributed by atoms with Gasteiger partial charge in [0.05, 0.1) is 26.8 Å². The number of amides is 2. The van der Waals surface area contributed by atoms with Gasteiger partial charge in [-0.05, 0) is 42.8 Å². The molecule has 0 bridgehead atoms. The van der Waals surface area contributed by atoms with Crippen LogP contribution in [-0.2, 0) is 20.8 Å². The highest BCUT2D eigenvalue weighted by Gasteiger charge is 2.44. The van der Waals surface area contributed by atoms with Gasteiger partial charge in [0, 0.05) is 35.7 Å². The van der Waals surface area contributed by atoms with E-state index in [0.29, 0.717) is 17.0 Å². The molecular weight excluding hydrogens is 567 g/mol. The third-order valence-electron chi connectivity index (χ3n) is 6.73. The Morgan fingerprint density at radius 2 is 1.68 bits per heavy atom. The number of carbonyl (C=O) groups is 3. The van der Waals surface area contributed by atoms with Crippen LogP contribution < -0.4 is 10.6 Å². The third kappa shape index (κ3) is 6.01. The molecule has 2 amide bonds. The van der Waals surface area contributed by atoms with Crippen molar-refractivity contribution < 1.29 is 24.3 Å². The maximum atomic E-state index is 13.2. The van der Waals surface area contributed by atoms with E-state index in [-0.39, 0.29) is 28.5 Å². The fourth-order valence-corrected chi connectivity index (χ4v) is 5.09. The number of carboxylic acid groups (broad SMARTS) is 1. The van der Waals surface area contributed by atoms with Crippen LogP contribution in [0.2, 0.25) is 10.0 Å². The maximum absolute atomic E-state index is 13.2. The van der Waals surface area contributed by atoms with Crippen molar-refractivity contribution >= 4 is 63.3 Å². The van der Waals surface area contributed by atoms with Crippen molar-refractivity contribution in [3.05, 3.63) is 106 Å². The molecule has 0 saturated heterocycles. The molecule has 0 aliphatic carbocycles. The molecule has 2 heterocycles. The summed E-state index contributed by atoms with van der Waals surface area (Å²) in [6, 6.07) is 19.5. The summed E-state index contributed by atoms with van der Waals surface area (Å²) in [5, 5.41) is 20.7. The zero-order valence-corrected chi connectivity index (χ0v) is 23.2. The van der Waals surface area contributed by atoms with E-state index in [1.54, 1.807) is 55.6 Å². The molecule has 1 aliphatic heterocycles. The first-order valence-corrected chi connectivity index (χ1v) is 13.4. The summed E-state index contributed by atoms with van der Waals surface area (Å²) in [5.74, 6) is -2.28. The highest BCUT2D eigenvalue weighted by Crippen LogP contribution is 2.30. The van der Waals surface area contributed by atoms with Gasteiger partial charge >= 0.3 is 5.97 Å². The smallest absolute Gasteiger partial charge is 0.326 e. The van der Waals surface area contributed by atoms with Gasteiger partial charge in [0.25, 0.3) is 11.8 Å². The molecule has 41 heavy (non-hydrogen) atoms. The van der Waals surface area contributed by atoms with E-state index in [1.807, 2.05) is 30.3 Å². The van der Waals surface area contributed by atoms with E-state index in [2.05, 4.69) is 20.8 Å². The number of nitrogens with zero attached hydrogens (tertiary/aromatic N) is 2. The first-order chi connectivity index (χ1) is 19.6. The van der Waals surface area contributed by atoms with Crippen LogP contribution in [0, 0.1) is 0 Å². The normalized spacial score (nSPS) is 16.9. The highest BCUT2D eigenvalue weighted by atomic mass is 35.5. The van der Waals surface area contributed by atoms with Gasteiger partial charge in [-0.2, -0.15) is 0 Å². The summed E-state index contributed by atoms with van der Waals surface area (Å²) < 4.78 is 0. The Morgan fingerprint density at radius 3 is 2.39 bits per heavy atom. The Balaban J connectivity index is 1.23. The summed E-state index contributed by atoms with van der Waals surface area (Å²) >= 11 is 12.2. The van der Waals surface area contributed by atoms with Crippen LogP contribution in [0.25, 0.3) is 10.9 Å². The minimum Gasteiger partial charge on any atom is -0.480 e. The van der Waals surface area contributed by atoms with Crippen molar-refractivity contribution in [3.63, 3.8) is 0 Å². The number of carboxylic acids is 1. The number of pyridine rings is 1. The van der Waals surface area contributed by atoms with Crippen molar-refractivity contribution in [1.29, 1.82) is 0 Å². The number of fused-ring (bicyclic) bond motifs is 1. The molecule has 1 unspecified atom stereocenters. The fraction of sp³-hybridized carbons (Fsp3) is 0.167. The summed E-state index contributed by atoms with van der Waals surface area (Å²) in [6.45, 7) is 1.57. The quantitative estimate of drug-likeness (QED) is 0.249. The number of hydrogen-bond acceptors (Lipinski definition) is 6. The maximum Gasteiger partial charge on any atom is 0.326 e. The number of rotatable bonds is 8. The minimum atomic E-state index is -1.39. The number of anilines is 1. The molecule has 1 aliphatic rings. The van der Waals surface area contributed by atoms with E-state index >= 15 is 0 Å². The SMILES string of the molecule is C[C@@]1(C(=O)NC(Cc2ccc(NC(=O)c3c(Cl)cccc3Cl)cc2)C(=O)O)CC(c2cccc3cccnc23)=NO1. The Bertz CT molecular complexity index is 1670. The molecule has 0 radical (unpaired) electrons. The van der Waals surface area contributed by atoms with Gasteiger partial charge in [-0.25, -0.2) is 4.79 Å². The van der Waals surface area contributed by atoms with Gasteiger partial charge in [0.15, 0.2) is 0 Å². The molecule has 3 N–H and O–H groups in total. The third-order valence-corrected chi connectivity index (χ3v) is 7.36. The molecule has 11 heteroatoms. The number of aromatic nitrogens is 1. The van der Waals surface area contributed by atoms with E-state index in [1.165, 1.54) is 0 Å². The van der Waals surface area contributed by atoms with Crippen LogP contribution in [0.1, 0.15) is 34.8 Å². The number of carbonyl (C=O) groups excluding carboxylic acids is 2. The van der Waals surface area contributed by atoms with Crippen LogP contribution >= 0.6 is 23.2 Å². The number of oxime groups is 1. The predicted molar refractivity (Wildman–Crippen MR) is 157 cm³/mol. The van der Waals surface area contributed by atoms with Crippen LogP contribution in [0.3, 0.4) is 0 Å². The van der Waals surface area contributed by atoms with Gasteiger partial charge in [-0.15, -0.1) is 0 Å². The molecule has 4 aromatic rings. The van der Waals surface area contributed by atoms with Gasteiger partial charge in [0.1, 0.15) is 6.04 Å². The van der Waals surface area contributed by atoms with Crippen molar-refractivity contribution in [2.24, 2.45) is 5.16 Å². The topological polar surface area (TPSA) is 130 Å². The second-order valence-corrected chi connectivity index (χ2v) is 10.5. The van der Waals surface area contributed by atoms with E-state index < -0.39 is 29.4 Å². The molecule has 0 spiro atoms. The largest absolute Gasteiger partial charge is 0.480 e. The Labute approximate surface area is 245 Å². The Kier molecular flexibility index (Phi) is 7.92. The molecule has 5 rings (SSSR count). The van der Waals surface area contributed by atoms with Crippen LogP contribution in [-0.4, -0.2) is 45.2 Å². The van der Waals surface area contributed by atoms with Crippen LogP contribution in [0.15, 0.2) is 84.1 Å². The molecule has 0 saturated carbocycles. The van der Waals surface area contributed by atoms with Crippen molar-refractivity contribution in [1.82, 2.24) is 10.3 Å². The first kappa shape index (κ1) is 28.1. The second-order valence-electron chi connectivity index (χ2n) is 9.73. The van der Waals surface area contributed by atoms with Gasteiger partial charge < -0.3 is 20.6 Å². The monoisotopic (exact) mass is 590 g/mol. The Morgan fingerprint density at radius 1 is 1.00 bits per heavy atom. The Hall–Kier alpha value is -4.47. The van der Waals surface area contributed by atoms with Crippen LogP contribution in [0.5, 0.6) is 0 Å². The molecule has 208 valence electrons. The summed E-state index contributed by atoms with van der Waals surface area (Å²) in [5.41, 5.74) is 1.88. The lowest BCUT2D eigenvalue weighted by molar-refractivity contribution is -0.148. The first-order valence-electron chi connectivity index (χ1n) is 12.6. The molecule has 3 aromatic carbocycles. The lowest BCUT2D eigenvalue weighted by atomic mass is 9.93. The predicted octanol–water partition coefficient (Wildman–Crippen LogP) is 5.49. The summed E-state index contributed by atoms with van der Waals surface area (Å²) in [7, 11) is 0. The zero-order valence-electron chi connectivity index (χ0n) is 21.7. The van der Waals surface area contributed by atoms with E-state index in [4.69, 9.17) is 28.0 Å². The van der Waals surface area contributed by atoms with Crippen molar-refractivity contribution in [2.45, 2.75) is 31.4 Å². The zero-order chi connectivity index (χ0) is 29.1. The van der Waals surface area contributed by atoms with Crippen molar-refractivity contribution in [3.8, 4) is 0 Å². The lowest BCUT2D eigenvalue weighted by Gasteiger charge is -2.23. The molecule has 9 nitrogen and oxygen atoms in total. The molecular formula is C30H24Cl2N4O5. The fourth-order valence-electron chi connectivity index (χ4n) is 4.52. The van der Waals surface area contributed by atoms with E-state index in [9.17, 15) is 19.5 Å². The van der Waals surface area contributed by atoms with Gasteiger partial charge in [0.2, 0.25) is 5.60 Å². The summed E-state index contributed by atoms with van der Waals surface area (Å²) in [6.07, 6.45) is 1.83. The highest BCUT2D eigenvalue weighted by molar-refractivity contribution is 6.40. The number of hydrogen-bond donors (Lipinski definition) is 3. The number of halogens is 2. The number of benzene rings is 3. The average Bonchev–Trinajstić information content (AvgIpc) is 3.36. The minimum absolute atomic E-state index is 0.00266. The number of nitrogens with one attached hydrogen (secondary N) is 2. The number of aliphatic carboxylic acids is 1. The molecule has 2 atom stereocenters. The lowest BCUT2D eigenvalue weighted by Crippen LogP contribution is -2.51. The van der Waals surface area contributed by atoms with Gasteiger partial charge in [-0.3, -0.25) is 14.6 Å². The standard InChI is InChI=1S/C30H24Cl2N4O5/c1-30(16-24(36-41-30)20-7-2-5-18-6-4-14-33-26(18)20)29(40)35-23(28(38)39)15-17-10-12-19(13-11-17)34-27(37)25-21(31)8-3-9-22(25)32/h2-14,23H,15-16H2,1H3,(H,34,37)(H,35,40)(H,38,39)/t23?,30-/m0/s1. The van der Waals surface area contributed by atoms with Crippen molar-refractivity contribution in [2.75, 3.05) is 5.32 Å². The number of para-hydroxylation sites is 1. The average molecular weight is 591 g/mol. The van der Waals surface area contributed by atoms with E-state index in [0.717, 1.165) is 16.5 Å².